The number of para-hydroxylation sites is 1. The molecule has 1 fully saturated rings. The summed E-state index contributed by atoms with van der Waals surface area (Å²) in [6.07, 6.45) is 2.23. The lowest BCUT2D eigenvalue weighted by Gasteiger charge is -2.43. The molecule has 5 rings (SSSR count). The first-order chi connectivity index (χ1) is 40.6. The third-order valence-electron chi connectivity index (χ3n) is 15.4. The Balaban J connectivity index is 1.36. The van der Waals surface area contributed by atoms with Crippen molar-refractivity contribution in [1.82, 2.24) is 36.4 Å². The number of unbranched alkanes of at least 4 members (excludes halogenated alkanes) is 1. The van der Waals surface area contributed by atoms with E-state index in [1.807, 2.05) is 6.92 Å². The number of urea groups is 1. The van der Waals surface area contributed by atoms with Crippen LogP contribution < -0.4 is 47.3 Å². The number of hydrogen-bond donors (Lipinski definition) is 9. The molecule has 2 aromatic carbocycles. The average molecular weight is 1240 g/mol. The average Bonchev–Trinajstić information content (AvgIpc) is 1.56. The molecule has 86 heavy (non-hydrogen) atoms. The number of likely N-dealkylation sites (N-methyl/N-ethyl adjacent to an activating group) is 1. The number of allylic oxidation sites excluding steroid dienone is 3. The number of ether oxygens (including phenoxy) is 4. The number of amides is 9. The summed E-state index contributed by atoms with van der Waals surface area (Å²) < 4.78 is 23.0. The molecule has 10 atom stereocenters. The topological polar surface area (TPSA) is 339 Å². The maximum absolute atomic E-state index is 14.5. The SMILES string of the molecule is COc1cc2cc(c1Cl)N(C)C(=O)C[C@H](OC(=O)[C@H](C)N(C)C(=O)c1ccccc1NC(=O)[C@H](CCCNC(N)=O)NC(=O)[C@@H](NC(=S)NCCCCN1C(=O)C=CC1=O)C(C)C)[C@@H](C)[C@@H](O)[C@H](C)[C@@H]1C[C@@](O)(NC(=O)O1)[C@H](OC)/C=C/C=C(\C)C2. The van der Waals surface area contributed by atoms with Gasteiger partial charge in [-0.25, -0.2) is 14.4 Å². The van der Waals surface area contributed by atoms with Crippen LogP contribution in [0.15, 0.2) is 72.4 Å². The maximum atomic E-state index is 14.5. The summed E-state index contributed by atoms with van der Waals surface area (Å²) in [5.41, 5.74) is 5.04. The number of nitrogens with one attached hydrogen (secondary N) is 6. The van der Waals surface area contributed by atoms with Gasteiger partial charge in [-0.15, -0.1) is 0 Å². The summed E-state index contributed by atoms with van der Waals surface area (Å²) in [4.78, 5) is 124. The second-order valence-corrected chi connectivity index (χ2v) is 22.8. The zero-order chi connectivity index (χ0) is 63.7. The molecule has 3 heterocycles. The minimum absolute atomic E-state index is 0.00479. The van der Waals surface area contributed by atoms with Crippen LogP contribution in [0.4, 0.5) is 21.0 Å². The van der Waals surface area contributed by atoms with Gasteiger partial charge in [0, 0.05) is 71.2 Å². The third kappa shape index (κ3) is 18.4. The molecule has 10 N–H and O–H groups in total. The van der Waals surface area contributed by atoms with Gasteiger partial charge in [-0.2, -0.15) is 0 Å². The second kappa shape index (κ2) is 31.7. The first-order valence-electron chi connectivity index (χ1n) is 28.3. The quantitative estimate of drug-likeness (QED) is 0.0372. The standard InChI is InChI=1S/C59H81ClN10O15S/c1-32(2)50(66-57(86)63-24-13-14-26-70-46(71)22-23-47(70)72)53(76)65-40(20-16-25-62-56(61)79)52(75)64-39-19-12-11-18-38(39)54(77)68(7)36(6)55(78)84-42-30-48(73)69(8)41-28-37(29-43(82-9)49(41)60)27-33(3)17-15-21-45(83-10)59(81)31-44(85-58(80)67-59)35(5)51(74)34(42)4/h11-12,15,17-19,21-23,28-29,32,34-36,40,42,44-45,50-51,74,81H,13-14,16,20,24-27,30-31H2,1-10H3,(H,64,75)(H,65,76)(H,67,80)(H3,61,62,79)(H2,63,66,86)/b21-15+,33-17+/t34-,35-,36+,40+,42+,44+,45-,50+,51-,59+/m1/s1. The highest BCUT2D eigenvalue weighted by molar-refractivity contribution is 7.80. The molecule has 0 radical (unpaired) electrons. The fourth-order valence-electron chi connectivity index (χ4n) is 9.98. The molecule has 2 aromatic rings. The van der Waals surface area contributed by atoms with Crippen molar-refractivity contribution in [3.05, 3.63) is 88.5 Å². The number of rotatable bonds is 21. The number of aliphatic hydroxyl groups excluding tert-OH is 1. The number of aliphatic hydroxyl groups is 2. The van der Waals surface area contributed by atoms with Gasteiger partial charge in [-0.05, 0) is 93.9 Å². The Morgan fingerprint density at radius 3 is 2.29 bits per heavy atom. The first kappa shape index (κ1) is 69.1. The van der Waals surface area contributed by atoms with Gasteiger partial charge in [0.15, 0.2) is 10.8 Å². The zero-order valence-corrected chi connectivity index (χ0v) is 51.7. The van der Waals surface area contributed by atoms with E-state index in [0.29, 0.717) is 31.4 Å². The van der Waals surface area contributed by atoms with Gasteiger partial charge in [0.2, 0.25) is 17.7 Å². The molecule has 0 unspecified atom stereocenters. The Labute approximate surface area is 511 Å². The number of anilines is 2. The predicted molar refractivity (Wildman–Crippen MR) is 323 cm³/mol. The van der Waals surface area contributed by atoms with E-state index in [1.165, 1.54) is 70.5 Å². The Hall–Kier alpha value is -7.65. The summed E-state index contributed by atoms with van der Waals surface area (Å²) >= 11 is 12.3. The van der Waals surface area contributed by atoms with Gasteiger partial charge in [0.25, 0.3) is 17.7 Å². The van der Waals surface area contributed by atoms with Crippen LogP contribution >= 0.6 is 23.8 Å². The highest BCUT2D eigenvalue weighted by Crippen LogP contribution is 2.38. The number of thiocarbonyl (C=S) groups is 1. The predicted octanol–water partition coefficient (Wildman–Crippen LogP) is 3.73. The molecule has 27 heteroatoms. The van der Waals surface area contributed by atoms with E-state index in [-0.39, 0.29) is 82.9 Å². The van der Waals surface area contributed by atoms with Crippen LogP contribution in [0.3, 0.4) is 0 Å². The molecule has 0 aromatic heterocycles. The van der Waals surface area contributed by atoms with Crippen molar-refractivity contribution in [1.29, 1.82) is 0 Å². The van der Waals surface area contributed by atoms with Crippen molar-refractivity contribution >= 4 is 93.8 Å². The van der Waals surface area contributed by atoms with E-state index in [2.05, 4.69) is 31.9 Å². The van der Waals surface area contributed by atoms with Crippen molar-refractivity contribution in [2.24, 2.45) is 23.5 Å². The number of carbonyl (C=O) groups is 9. The minimum atomic E-state index is -2.00. The Morgan fingerprint density at radius 1 is 0.965 bits per heavy atom. The van der Waals surface area contributed by atoms with E-state index in [9.17, 15) is 53.4 Å². The summed E-state index contributed by atoms with van der Waals surface area (Å²) in [7, 11) is 5.61. The number of imide groups is 1. The summed E-state index contributed by atoms with van der Waals surface area (Å²) in [6.45, 7) is 10.6. The smallest absolute Gasteiger partial charge is 0.409 e. The van der Waals surface area contributed by atoms with Gasteiger partial charge >= 0.3 is 18.1 Å². The molecule has 4 bridgehead atoms. The van der Waals surface area contributed by atoms with Gasteiger partial charge in [-0.1, -0.05) is 75.2 Å². The second-order valence-electron chi connectivity index (χ2n) is 22.0. The van der Waals surface area contributed by atoms with E-state index < -0.39 is 108 Å². The number of carbonyl (C=O) groups excluding carboxylic acids is 9. The lowest BCUT2D eigenvalue weighted by atomic mass is 9.81. The van der Waals surface area contributed by atoms with Crippen molar-refractivity contribution in [2.45, 2.75) is 135 Å². The van der Waals surface area contributed by atoms with Gasteiger partial charge in [-0.3, -0.25) is 39.0 Å². The number of primary amides is 1. The van der Waals surface area contributed by atoms with Crippen LogP contribution in [-0.2, 0) is 49.4 Å². The number of esters is 1. The largest absolute Gasteiger partial charge is 0.495 e. The molecule has 3 aliphatic heterocycles. The molecule has 9 amide bonds. The van der Waals surface area contributed by atoms with Crippen molar-refractivity contribution in [3.63, 3.8) is 0 Å². The first-order valence-corrected chi connectivity index (χ1v) is 29.1. The number of hydrogen-bond acceptors (Lipinski definition) is 16. The third-order valence-corrected chi connectivity index (χ3v) is 16.0. The molecule has 1 saturated heterocycles. The normalized spacial score (nSPS) is 23.8. The molecule has 0 saturated carbocycles. The van der Waals surface area contributed by atoms with Crippen LogP contribution in [0, 0.1) is 17.8 Å². The van der Waals surface area contributed by atoms with Crippen LogP contribution in [0.1, 0.15) is 96.0 Å². The molecule has 0 aliphatic carbocycles. The van der Waals surface area contributed by atoms with Crippen LogP contribution in [0.5, 0.6) is 5.75 Å². The number of alkyl carbamates (subject to hydrolysis) is 1. The molecule has 25 nitrogen and oxygen atoms in total. The Kier molecular flexibility index (Phi) is 25.4. The van der Waals surface area contributed by atoms with Crippen LogP contribution in [-0.4, -0.2) is 175 Å². The van der Waals surface area contributed by atoms with Crippen molar-refractivity contribution in [2.75, 3.05) is 58.2 Å². The van der Waals surface area contributed by atoms with E-state index in [0.717, 1.165) is 15.4 Å². The molecular weight excluding hydrogens is 1160 g/mol. The monoisotopic (exact) mass is 1240 g/mol. The van der Waals surface area contributed by atoms with Gasteiger partial charge < -0.3 is 71.3 Å². The fraction of sp³-hybridized carbons (Fsp3) is 0.525. The Morgan fingerprint density at radius 2 is 1.64 bits per heavy atom. The summed E-state index contributed by atoms with van der Waals surface area (Å²) in [6, 6.07) is 5.04. The number of methoxy groups -OCH3 is 2. The minimum Gasteiger partial charge on any atom is -0.495 e. The zero-order valence-electron chi connectivity index (χ0n) is 50.1. The highest BCUT2D eigenvalue weighted by atomic mass is 35.5. The summed E-state index contributed by atoms with van der Waals surface area (Å²) in [5, 5.41) is 40.7. The van der Waals surface area contributed by atoms with Gasteiger partial charge in [0.05, 0.1) is 36.6 Å². The van der Waals surface area contributed by atoms with Crippen molar-refractivity contribution in [3.8, 4) is 5.75 Å². The molecule has 470 valence electrons. The van der Waals surface area contributed by atoms with Crippen LogP contribution in [0.25, 0.3) is 0 Å². The summed E-state index contributed by atoms with van der Waals surface area (Å²) in [5.74, 6) is -6.54. The number of fused-ring (bicyclic) bond motifs is 4. The van der Waals surface area contributed by atoms with Crippen molar-refractivity contribution < 1.29 is 72.3 Å². The van der Waals surface area contributed by atoms with E-state index in [1.54, 1.807) is 64.1 Å². The lowest BCUT2D eigenvalue weighted by Crippen LogP contribution is -2.64. The van der Waals surface area contributed by atoms with E-state index >= 15 is 0 Å². The maximum Gasteiger partial charge on any atom is 0.409 e. The number of nitrogens with two attached hydrogens (primary N) is 1. The highest BCUT2D eigenvalue weighted by Gasteiger charge is 2.49. The van der Waals surface area contributed by atoms with Gasteiger partial charge in [0.1, 0.15) is 47.2 Å². The van der Waals surface area contributed by atoms with Crippen LogP contribution in [0.2, 0.25) is 5.02 Å². The molecule has 0 spiro atoms. The number of nitrogens with zero attached hydrogens (tertiary/aromatic N) is 3. The molecule has 3 aliphatic rings. The lowest BCUT2D eigenvalue weighted by molar-refractivity contribution is -0.165. The Bertz CT molecular complexity index is 2930. The fourth-order valence-corrected chi connectivity index (χ4v) is 10.5. The number of benzene rings is 2. The molecular formula is C59H81ClN10O15S. The number of halogens is 1. The van der Waals surface area contributed by atoms with E-state index in [4.69, 9.17) is 48.5 Å².